The van der Waals surface area contributed by atoms with Crippen LogP contribution in [0.1, 0.15) is 43.0 Å². The monoisotopic (exact) mass is 352 g/mol. The number of thiophene rings is 1. The van der Waals surface area contributed by atoms with Gasteiger partial charge in [0.25, 0.3) is 5.56 Å². The Labute approximate surface area is 142 Å². The van der Waals surface area contributed by atoms with Crippen LogP contribution in [-0.4, -0.2) is 28.3 Å². The number of ether oxygens (including phenoxy) is 1. The summed E-state index contributed by atoms with van der Waals surface area (Å²) in [4.78, 5) is 33.4. The number of unbranched alkanes of at least 4 members (excludes halogenated alkanes) is 1. The highest BCUT2D eigenvalue weighted by Gasteiger charge is 2.20. The molecule has 0 spiro atoms. The number of nitrogens with zero attached hydrogens (tertiary/aromatic N) is 1. The van der Waals surface area contributed by atoms with Gasteiger partial charge in [-0.05, 0) is 37.7 Å². The zero-order valence-electron chi connectivity index (χ0n) is 13.1. The second-order valence-corrected chi connectivity index (χ2v) is 7.67. The van der Waals surface area contributed by atoms with E-state index in [4.69, 9.17) is 4.74 Å². The van der Waals surface area contributed by atoms with E-state index < -0.39 is 0 Å². The molecule has 3 rings (SSSR count). The summed E-state index contributed by atoms with van der Waals surface area (Å²) in [5.74, 6) is -0.0971. The first-order chi connectivity index (χ1) is 11.2. The second-order valence-electron chi connectivity index (χ2n) is 5.62. The number of esters is 1. The molecule has 0 radical (unpaired) electrons. The summed E-state index contributed by atoms with van der Waals surface area (Å²) >= 11 is 2.85. The molecule has 0 unspecified atom stereocenters. The summed E-state index contributed by atoms with van der Waals surface area (Å²) in [5.41, 5.74) is 1.09. The molecule has 2 aromatic heterocycles. The molecular formula is C16H20N2O3S2. The molecule has 7 heteroatoms. The van der Waals surface area contributed by atoms with E-state index in [9.17, 15) is 9.59 Å². The van der Waals surface area contributed by atoms with Crippen LogP contribution in [0.15, 0.2) is 9.95 Å². The zero-order valence-corrected chi connectivity index (χ0v) is 14.8. The van der Waals surface area contributed by atoms with Crippen LogP contribution in [-0.2, 0) is 22.4 Å². The molecule has 5 nitrogen and oxygen atoms in total. The Morgan fingerprint density at radius 1 is 1.39 bits per heavy atom. The summed E-state index contributed by atoms with van der Waals surface area (Å²) in [5, 5.41) is 1.24. The van der Waals surface area contributed by atoms with E-state index in [1.54, 1.807) is 11.3 Å². The number of thioether (sulfide) groups is 1. The number of carbonyl (C=O) groups is 1. The van der Waals surface area contributed by atoms with Crippen molar-refractivity contribution in [2.75, 3.05) is 12.4 Å². The average molecular weight is 352 g/mol. The molecule has 0 aliphatic heterocycles. The Kier molecular flexibility index (Phi) is 5.38. The maximum Gasteiger partial charge on any atom is 0.316 e. The van der Waals surface area contributed by atoms with Crippen molar-refractivity contribution in [3.63, 3.8) is 0 Å². The molecule has 1 aliphatic rings. The van der Waals surface area contributed by atoms with Gasteiger partial charge in [-0.2, -0.15) is 0 Å². The van der Waals surface area contributed by atoms with Gasteiger partial charge in [-0.25, -0.2) is 4.98 Å². The third-order valence-electron chi connectivity index (χ3n) is 3.89. The SMILES string of the molecule is CCCCOC(=O)CSc1nc2sc3c(c2c(=O)[nH]1)CCCC3. The second kappa shape index (κ2) is 7.49. The third-order valence-corrected chi connectivity index (χ3v) is 5.92. The fourth-order valence-corrected chi connectivity index (χ4v) is 4.69. The van der Waals surface area contributed by atoms with Crippen LogP contribution in [0, 0.1) is 0 Å². The van der Waals surface area contributed by atoms with Gasteiger partial charge < -0.3 is 9.72 Å². The predicted octanol–water partition coefficient (Wildman–Crippen LogP) is 3.30. The van der Waals surface area contributed by atoms with Crippen LogP contribution in [0.2, 0.25) is 0 Å². The number of carbonyl (C=O) groups excluding carboxylic acids is 1. The van der Waals surface area contributed by atoms with Gasteiger partial charge in [-0.3, -0.25) is 9.59 Å². The Balaban J connectivity index is 1.73. The van der Waals surface area contributed by atoms with Crippen molar-refractivity contribution < 1.29 is 9.53 Å². The van der Waals surface area contributed by atoms with Crippen molar-refractivity contribution in [2.24, 2.45) is 0 Å². The highest BCUT2D eigenvalue weighted by atomic mass is 32.2. The molecular weight excluding hydrogens is 332 g/mol. The normalized spacial score (nSPS) is 14.0. The molecule has 124 valence electrons. The van der Waals surface area contributed by atoms with E-state index in [0.29, 0.717) is 11.8 Å². The van der Waals surface area contributed by atoms with Gasteiger partial charge in [0.2, 0.25) is 0 Å². The fourth-order valence-electron chi connectivity index (χ4n) is 2.71. The van der Waals surface area contributed by atoms with Crippen molar-refractivity contribution in [2.45, 2.75) is 50.6 Å². The van der Waals surface area contributed by atoms with Gasteiger partial charge in [0, 0.05) is 4.88 Å². The summed E-state index contributed by atoms with van der Waals surface area (Å²) in [6.45, 7) is 2.50. The molecule has 0 amide bonds. The highest BCUT2D eigenvalue weighted by molar-refractivity contribution is 7.99. The molecule has 0 saturated heterocycles. The van der Waals surface area contributed by atoms with Crippen molar-refractivity contribution >= 4 is 39.3 Å². The van der Waals surface area contributed by atoms with Crippen LogP contribution < -0.4 is 5.56 Å². The number of aromatic amines is 1. The Morgan fingerprint density at radius 2 is 2.22 bits per heavy atom. The number of nitrogens with one attached hydrogen (secondary N) is 1. The van der Waals surface area contributed by atoms with Crippen LogP contribution in [0.25, 0.3) is 10.2 Å². The molecule has 1 N–H and O–H groups in total. The van der Waals surface area contributed by atoms with E-state index in [2.05, 4.69) is 9.97 Å². The van der Waals surface area contributed by atoms with Gasteiger partial charge >= 0.3 is 5.97 Å². The standard InChI is InChI=1S/C16H20N2O3S2/c1-2-3-8-21-12(19)9-22-16-17-14(20)13-10-6-4-5-7-11(10)23-15(13)18-16/h2-9H2,1H3,(H,17,18,20). The van der Waals surface area contributed by atoms with E-state index in [0.717, 1.165) is 42.3 Å². The molecule has 23 heavy (non-hydrogen) atoms. The van der Waals surface area contributed by atoms with E-state index >= 15 is 0 Å². The summed E-state index contributed by atoms with van der Waals surface area (Å²) in [7, 11) is 0. The van der Waals surface area contributed by atoms with E-state index in [-0.39, 0.29) is 17.3 Å². The van der Waals surface area contributed by atoms with Crippen LogP contribution in [0.3, 0.4) is 0 Å². The van der Waals surface area contributed by atoms with Crippen molar-refractivity contribution in [3.8, 4) is 0 Å². The van der Waals surface area contributed by atoms with Gasteiger partial charge in [0.15, 0.2) is 5.16 Å². The molecule has 2 aromatic rings. The molecule has 0 bridgehead atoms. The molecule has 0 atom stereocenters. The maximum atomic E-state index is 12.4. The number of aryl methyl sites for hydroxylation is 2. The molecule has 1 aliphatic carbocycles. The van der Waals surface area contributed by atoms with Gasteiger partial charge in [-0.1, -0.05) is 25.1 Å². The summed E-state index contributed by atoms with van der Waals surface area (Å²) in [6, 6.07) is 0. The number of hydrogen-bond acceptors (Lipinski definition) is 6. The topological polar surface area (TPSA) is 72.0 Å². The minimum absolute atomic E-state index is 0.0868. The summed E-state index contributed by atoms with van der Waals surface area (Å²) < 4.78 is 5.11. The quantitative estimate of drug-likeness (QED) is 0.374. The lowest BCUT2D eigenvalue weighted by atomic mass is 9.97. The Morgan fingerprint density at radius 3 is 3.04 bits per heavy atom. The minimum Gasteiger partial charge on any atom is -0.465 e. The summed E-state index contributed by atoms with van der Waals surface area (Å²) in [6.07, 6.45) is 6.20. The molecule has 2 heterocycles. The molecule has 0 fully saturated rings. The first-order valence-corrected chi connectivity index (χ1v) is 9.82. The molecule has 0 aromatic carbocycles. The number of aromatic nitrogens is 2. The highest BCUT2D eigenvalue weighted by Crippen LogP contribution is 2.34. The fraction of sp³-hybridized carbons (Fsp3) is 0.562. The average Bonchev–Trinajstić information content (AvgIpc) is 2.92. The van der Waals surface area contributed by atoms with Crippen LogP contribution in [0.5, 0.6) is 0 Å². The largest absolute Gasteiger partial charge is 0.465 e. The van der Waals surface area contributed by atoms with Crippen molar-refractivity contribution in [1.82, 2.24) is 9.97 Å². The number of rotatable bonds is 6. The van der Waals surface area contributed by atoms with Crippen molar-refractivity contribution in [1.29, 1.82) is 0 Å². The number of hydrogen-bond donors (Lipinski definition) is 1. The molecule has 0 saturated carbocycles. The van der Waals surface area contributed by atoms with Gasteiger partial charge in [-0.15, -0.1) is 11.3 Å². The Hall–Kier alpha value is -1.34. The maximum absolute atomic E-state index is 12.4. The van der Waals surface area contributed by atoms with Gasteiger partial charge in [0.1, 0.15) is 4.83 Å². The van der Waals surface area contributed by atoms with E-state index in [1.807, 2.05) is 6.92 Å². The third kappa shape index (κ3) is 3.77. The lowest BCUT2D eigenvalue weighted by Crippen LogP contribution is -2.12. The van der Waals surface area contributed by atoms with E-state index in [1.165, 1.54) is 28.6 Å². The first kappa shape index (κ1) is 16.5. The van der Waals surface area contributed by atoms with Crippen molar-refractivity contribution in [3.05, 3.63) is 20.8 Å². The lowest BCUT2D eigenvalue weighted by molar-refractivity contribution is -0.140. The van der Waals surface area contributed by atoms with Crippen LogP contribution in [0.4, 0.5) is 0 Å². The van der Waals surface area contributed by atoms with Gasteiger partial charge in [0.05, 0.1) is 17.7 Å². The predicted molar refractivity (Wildman–Crippen MR) is 93.5 cm³/mol. The lowest BCUT2D eigenvalue weighted by Gasteiger charge is -2.09. The number of fused-ring (bicyclic) bond motifs is 3. The van der Waals surface area contributed by atoms with Crippen LogP contribution >= 0.6 is 23.1 Å². The Bertz CT molecular complexity index is 767. The zero-order chi connectivity index (χ0) is 16.2. The minimum atomic E-state index is -0.267. The smallest absolute Gasteiger partial charge is 0.316 e. The number of H-pyrrole nitrogens is 1. The first-order valence-electron chi connectivity index (χ1n) is 8.02.